The second kappa shape index (κ2) is 11.3. The number of fused-ring (bicyclic) bond motifs is 1. The molecule has 3 aliphatic rings. The maximum absolute atomic E-state index is 11.8. The molecule has 0 radical (unpaired) electrons. The van der Waals surface area contributed by atoms with E-state index in [-0.39, 0.29) is 30.9 Å². The molecule has 12 atom stereocenters. The Hall–Kier alpha value is -1.16. The molecule has 3 aliphatic heterocycles. The van der Waals surface area contributed by atoms with Crippen molar-refractivity contribution in [1.29, 1.82) is 0 Å². The largest absolute Gasteiger partial charge is 0.457 e. The second-order valence-electron chi connectivity index (χ2n) is 9.15. The molecule has 34 heavy (non-hydrogen) atoms. The van der Waals surface area contributed by atoms with Gasteiger partial charge < -0.3 is 38.3 Å². The van der Waals surface area contributed by atoms with Gasteiger partial charge in [0.2, 0.25) is 0 Å². The van der Waals surface area contributed by atoms with Crippen molar-refractivity contribution in [2.75, 3.05) is 13.0 Å². The Balaban J connectivity index is 1.54. The van der Waals surface area contributed by atoms with E-state index in [1.54, 1.807) is 0 Å². The summed E-state index contributed by atoms with van der Waals surface area (Å²) < 4.78 is 41.8. The standard InChI is InChI=1S/C24H35O9P/c1-12-13(2)19(30-15(4)25)24(29-14(12)3)33-21-18(26)20-17(31-23(21)28-11-34)10-27-22(32-20)16-8-6-5-7-9-16/h5-9,12-14,17-24,26H,10-11,34H2,1-4H3/t12-,13+,14?,17?,18+,19?,20-,21?,22?,23-,24+/m1/s1. The zero-order valence-electron chi connectivity index (χ0n) is 19.9. The fourth-order valence-electron chi connectivity index (χ4n) is 4.73. The first kappa shape index (κ1) is 25.9. The van der Waals surface area contributed by atoms with Crippen LogP contribution in [0.3, 0.4) is 0 Å². The highest BCUT2D eigenvalue weighted by atomic mass is 31.0. The molecule has 0 aromatic heterocycles. The summed E-state index contributed by atoms with van der Waals surface area (Å²) >= 11 is 0. The van der Waals surface area contributed by atoms with Crippen molar-refractivity contribution in [2.24, 2.45) is 11.8 Å². The van der Waals surface area contributed by atoms with Crippen LogP contribution in [0.25, 0.3) is 0 Å². The Kier molecular flexibility index (Phi) is 8.59. The van der Waals surface area contributed by atoms with Crippen molar-refractivity contribution in [3.8, 4) is 0 Å². The molecule has 1 aromatic carbocycles. The fraction of sp³-hybridized carbons (Fsp3) is 0.708. The number of esters is 1. The minimum atomic E-state index is -1.10. The van der Waals surface area contributed by atoms with Crippen molar-refractivity contribution in [3.05, 3.63) is 35.9 Å². The lowest BCUT2D eigenvalue weighted by molar-refractivity contribution is -0.387. The third-order valence-electron chi connectivity index (χ3n) is 6.94. The van der Waals surface area contributed by atoms with Crippen LogP contribution in [0, 0.1) is 11.8 Å². The molecule has 0 spiro atoms. The van der Waals surface area contributed by atoms with Gasteiger partial charge in [0.15, 0.2) is 25.0 Å². The van der Waals surface area contributed by atoms with Crippen LogP contribution in [0.5, 0.6) is 0 Å². The molecule has 6 unspecified atom stereocenters. The zero-order valence-corrected chi connectivity index (χ0v) is 21.1. The van der Waals surface area contributed by atoms with Gasteiger partial charge in [-0.3, -0.25) is 4.79 Å². The van der Waals surface area contributed by atoms with Crippen LogP contribution in [-0.4, -0.2) is 73.2 Å². The summed E-state index contributed by atoms with van der Waals surface area (Å²) in [4.78, 5) is 11.8. The van der Waals surface area contributed by atoms with Crippen molar-refractivity contribution < 1.29 is 43.1 Å². The highest BCUT2D eigenvalue weighted by Gasteiger charge is 2.53. The van der Waals surface area contributed by atoms with Crippen LogP contribution in [-0.2, 0) is 38.0 Å². The van der Waals surface area contributed by atoms with Crippen LogP contribution >= 0.6 is 9.24 Å². The average molecular weight is 499 g/mol. The minimum Gasteiger partial charge on any atom is -0.457 e. The Bertz CT molecular complexity index is 811. The highest BCUT2D eigenvalue weighted by Crippen LogP contribution is 2.38. The highest BCUT2D eigenvalue weighted by molar-refractivity contribution is 7.16. The van der Waals surface area contributed by atoms with Gasteiger partial charge >= 0.3 is 5.97 Å². The Morgan fingerprint density at radius 2 is 1.79 bits per heavy atom. The predicted octanol–water partition coefficient (Wildman–Crippen LogP) is 2.37. The lowest BCUT2D eigenvalue weighted by atomic mass is 9.84. The quantitative estimate of drug-likeness (QED) is 0.468. The number of rotatable bonds is 6. The third kappa shape index (κ3) is 5.47. The molecule has 4 rings (SSSR count). The first-order valence-electron chi connectivity index (χ1n) is 11.8. The van der Waals surface area contributed by atoms with Gasteiger partial charge in [-0.05, 0) is 12.8 Å². The smallest absolute Gasteiger partial charge is 0.303 e. The van der Waals surface area contributed by atoms with Crippen LogP contribution in [0.1, 0.15) is 39.5 Å². The molecule has 10 heteroatoms. The predicted molar refractivity (Wildman–Crippen MR) is 123 cm³/mol. The monoisotopic (exact) mass is 498 g/mol. The number of hydrogen-bond acceptors (Lipinski definition) is 9. The Morgan fingerprint density at radius 1 is 1.06 bits per heavy atom. The van der Waals surface area contributed by atoms with Crippen LogP contribution < -0.4 is 0 Å². The molecule has 3 fully saturated rings. The molecule has 190 valence electrons. The molecular formula is C24H35O9P. The van der Waals surface area contributed by atoms with E-state index in [4.69, 9.17) is 33.2 Å². The molecule has 3 saturated heterocycles. The van der Waals surface area contributed by atoms with Gasteiger partial charge in [0.05, 0.1) is 19.1 Å². The van der Waals surface area contributed by atoms with E-state index in [0.717, 1.165) is 5.56 Å². The summed E-state index contributed by atoms with van der Waals surface area (Å²) in [7, 11) is 2.47. The minimum absolute atomic E-state index is 0.0186. The maximum Gasteiger partial charge on any atom is 0.303 e. The van der Waals surface area contributed by atoms with E-state index in [1.165, 1.54) is 6.92 Å². The summed E-state index contributed by atoms with van der Waals surface area (Å²) in [6.45, 7) is 7.58. The Labute approximate surface area is 202 Å². The number of aliphatic hydroxyl groups excluding tert-OH is 1. The lowest BCUT2D eigenvalue weighted by Crippen LogP contribution is -2.64. The second-order valence-corrected chi connectivity index (χ2v) is 9.48. The zero-order chi connectivity index (χ0) is 24.4. The van der Waals surface area contributed by atoms with Crippen LogP contribution in [0.15, 0.2) is 30.3 Å². The molecule has 0 aliphatic carbocycles. The molecular weight excluding hydrogens is 463 g/mol. The molecule has 0 amide bonds. The maximum atomic E-state index is 11.8. The molecule has 0 bridgehead atoms. The first-order chi connectivity index (χ1) is 16.3. The third-order valence-corrected chi connectivity index (χ3v) is 7.13. The number of carbonyl (C=O) groups excluding carboxylic acids is 1. The number of ether oxygens (including phenoxy) is 7. The van der Waals surface area contributed by atoms with E-state index < -0.39 is 55.4 Å². The van der Waals surface area contributed by atoms with E-state index in [9.17, 15) is 9.90 Å². The molecule has 0 saturated carbocycles. The van der Waals surface area contributed by atoms with Crippen LogP contribution in [0.4, 0.5) is 0 Å². The summed E-state index contributed by atoms with van der Waals surface area (Å²) in [6.07, 6.45) is -6.21. The molecule has 1 N–H and O–H groups in total. The average Bonchev–Trinajstić information content (AvgIpc) is 2.83. The van der Waals surface area contributed by atoms with Gasteiger partial charge in [0, 0.05) is 18.4 Å². The molecule has 3 heterocycles. The van der Waals surface area contributed by atoms with Crippen LogP contribution in [0.2, 0.25) is 0 Å². The summed E-state index contributed by atoms with van der Waals surface area (Å²) in [5.74, 6) is -0.298. The topological polar surface area (TPSA) is 102 Å². The fourth-order valence-corrected chi connectivity index (χ4v) is 4.92. The van der Waals surface area contributed by atoms with Crippen molar-refractivity contribution in [1.82, 2.24) is 0 Å². The summed E-state index contributed by atoms with van der Waals surface area (Å²) in [5, 5.41) is 11.4. The summed E-state index contributed by atoms with van der Waals surface area (Å²) in [6, 6.07) is 9.51. The van der Waals surface area contributed by atoms with Gasteiger partial charge in [-0.1, -0.05) is 44.2 Å². The first-order valence-corrected chi connectivity index (χ1v) is 12.6. The number of hydrogen-bond donors (Lipinski definition) is 1. The van der Waals surface area contributed by atoms with Gasteiger partial charge in [-0.2, -0.15) is 0 Å². The number of carbonyl (C=O) groups is 1. The van der Waals surface area contributed by atoms with Gasteiger partial charge in [0.1, 0.15) is 24.4 Å². The number of aliphatic hydroxyl groups is 1. The van der Waals surface area contributed by atoms with E-state index in [0.29, 0.717) is 0 Å². The molecule has 1 aromatic rings. The van der Waals surface area contributed by atoms with Gasteiger partial charge in [-0.25, -0.2) is 0 Å². The SMILES string of the molecule is CC(=O)OC1[C@H](OC2[C@H](OCP)OC3COC(c4ccccc4)O[C@H]3[C@@H]2O)OC(C)[C@H](C)[C@@H]1C. The Morgan fingerprint density at radius 3 is 2.47 bits per heavy atom. The van der Waals surface area contributed by atoms with Gasteiger partial charge in [-0.15, -0.1) is 9.24 Å². The molecule has 9 nitrogen and oxygen atoms in total. The lowest BCUT2D eigenvalue weighted by Gasteiger charge is -2.49. The number of benzene rings is 1. The van der Waals surface area contributed by atoms with Gasteiger partial charge in [0.25, 0.3) is 0 Å². The normalized spacial score (nSPS) is 42.6. The van der Waals surface area contributed by atoms with E-state index in [2.05, 4.69) is 9.24 Å². The van der Waals surface area contributed by atoms with E-state index in [1.807, 2.05) is 51.1 Å². The van der Waals surface area contributed by atoms with Crippen molar-refractivity contribution in [3.63, 3.8) is 0 Å². The summed E-state index contributed by atoms with van der Waals surface area (Å²) in [5.41, 5.74) is 0.844. The van der Waals surface area contributed by atoms with Crippen molar-refractivity contribution in [2.45, 2.75) is 83.2 Å². The van der Waals surface area contributed by atoms with Crippen molar-refractivity contribution >= 4 is 15.2 Å². The van der Waals surface area contributed by atoms with E-state index >= 15 is 0 Å².